The summed E-state index contributed by atoms with van der Waals surface area (Å²) >= 11 is 0. The Kier molecular flexibility index (Phi) is 3.80. The summed E-state index contributed by atoms with van der Waals surface area (Å²) in [5.74, 6) is 1.78. The molecule has 1 aromatic heterocycles. The molecule has 0 saturated carbocycles. The van der Waals surface area contributed by atoms with Crippen LogP contribution in [0.5, 0.6) is 0 Å². The number of piperidine rings is 1. The maximum atomic E-state index is 8.86. The number of hydrogen-bond donors (Lipinski definition) is 1. The summed E-state index contributed by atoms with van der Waals surface area (Å²) in [7, 11) is 0. The fourth-order valence-corrected chi connectivity index (χ4v) is 2.24. The van der Waals surface area contributed by atoms with E-state index < -0.39 is 0 Å². The molecular formula is C12H19NO2. The van der Waals surface area contributed by atoms with E-state index in [1.54, 1.807) is 6.26 Å². The van der Waals surface area contributed by atoms with Gasteiger partial charge in [0.25, 0.3) is 0 Å². The highest BCUT2D eigenvalue weighted by Gasteiger charge is 2.19. The van der Waals surface area contributed by atoms with Crippen LogP contribution in [0.3, 0.4) is 0 Å². The smallest absolute Gasteiger partial charge is 0.117 e. The topological polar surface area (TPSA) is 36.6 Å². The number of nitrogens with zero attached hydrogens (tertiary/aromatic N) is 1. The molecule has 2 rings (SSSR count). The van der Waals surface area contributed by atoms with Crippen LogP contribution in [0.15, 0.2) is 22.8 Å². The summed E-state index contributed by atoms with van der Waals surface area (Å²) in [6.07, 6.45) is 5.12. The summed E-state index contributed by atoms with van der Waals surface area (Å²) in [5, 5.41) is 8.86. The molecule has 15 heavy (non-hydrogen) atoms. The van der Waals surface area contributed by atoms with Crippen LogP contribution in [-0.4, -0.2) is 29.7 Å². The van der Waals surface area contributed by atoms with Gasteiger partial charge in [-0.1, -0.05) is 0 Å². The normalized spacial score (nSPS) is 19.5. The van der Waals surface area contributed by atoms with Gasteiger partial charge in [0.15, 0.2) is 0 Å². The van der Waals surface area contributed by atoms with E-state index in [1.807, 2.05) is 12.1 Å². The molecular weight excluding hydrogens is 190 g/mol. The molecule has 3 nitrogen and oxygen atoms in total. The summed E-state index contributed by atoms with van der Waals surface area (Å²) in [4.78, 5) is 2.42. The second-order valence-corrected chi connectivity index (χ2v) is 4.31. The van der Waals surface area contributed by atoms with Crippen molar-refractivity contribution in [2.24, 2.45) is 5.92 Å². The molecule has 1 N–H and O–H groups in total. The van der Waals surface area contributed by atoms with Crippen LogP contribution in [0, 0.1) is 5.92 Å². The van der Waals surface area contributed by atoms with E-state index in [-0.39, 0.29) is 0 Å². The second-order valence-electron chi connectivity index (χ2n) is 4.31. The van der Waals surface area contributed by atoms with Crippen molar-refractivity contribution in [3.05, 3.63) is 24.2 Å². The monoisotopic (exact) mass is 209 g/mol. The number of rotatable bonds is 4. The van der Waals surface area contributed by atoms with E-state index in [2.05, 4.69) is 4.90 Å². The number of hydrogen-bond acceptors (Lipinski definition) is 3. The van der Waals surface area contributed by atoms with Gasteiger partial charge in [0.05, 0.1) is 12.8 Å². The summed E-state index contributed by atoms with van der Waals surface area (Å²) < 4.78 is 5.33. The summed E-state index contributed by atoms with van der Waals surface area (Å²) in [5.41, 5.74) is 0. The van der Waals surface area contributed by atoms with Gasteiger partial charge in [0.1, 0.15) is 5.76 Å². The molecule has 1 aliphatic heterocycles. The molecule has 0 unspecified atom stereocenters. The van der Waals surface area contributed by atoms with Crippen molar-refractivity contribution >= 4 is 0 Å². The van der Waals surface area contributed by atoms with E-state index >= 15 is 0 Å². The highest BCUT2D eigenvalue weighted by molar-refractivity contribution is 4.98. The van der Waals surface area contributed by atoms with Gasteiger partial charge < -0.3 is 9.52 Å². The molecule has 84 valence electrons. The minimum Gasteiger partial charge on any atom is -0.468 e. The maximum Gasteiger partial charge on any atom is 0.117 e. The van der Waals surface area contributed by atoms with E-state index in [4.69, 9.17) is 9.52 Å². The number of aliphatic hydroxyl groups excluding tert-OH is 1. The molecule has 0 amide bonds. The van der Waals surface area contributed by atoms with Crippen LogP contribution in [-0.2, 0) is 6.54 Å². The molecule has 1 fully saturated rings. The first-order valence-electron chi connectivity index (χ1n) is 5.74. The Morgan fingerprint density at radius 1 is 1.40 bits per heavy atom. The fraction of sp³-hybridized carbons (Fsp3) is 0.667. The Morgan fingerprint density at radius 3 is 2.80 bits per heavy atom. The second kappa shape index (κ2) is 5.33. The lowest BCUT2D eigenvalue weighted by Crippen LogP contribution is -2.33. The summed E-state index contributed by atoms with van der Waals surface area (Å²) in [6.45, 7) is 3.53. The average Bonchev–Trinajstić information content (AvgIpc) is 2.74. The average molecular weight is 209 g/mol. The minimum absolute atomic E-state index is 0.336. The molecule has 3 heteroatoms. The summed E-state index contributed by atoms with van der Waals surface area (Å²) in [6, 6.07) is 3.97. The molecule has 2 heterocycles. The van der Waals surface area contributed by atoms with Gasteiger partial charge in [-0.3, -0.25) is 4.90 Å². The Bertz CT molecular complexity index is 263. The Labute approximate surface area is 90.7 Å². The molecule has 0 spiro atoms. The first-order chi connectivity index (χ1) is 7.38. The predicted octanol–water partition coefficient (Wildman–Crippen LogP) is 1.87. The zero-order chi connectivity index (χ0) is 10.5. The van der Waals surface area contributed by atoms with Crippen LogP contribution >= 0.6 is 0 Å². The highest BCUT2D eigenvalue weighted by atomic mass is 16.3. The highest BCUT2D eigenvalue weighted by Crippen LogP contribution is 2.21. The molecule has 0 atom stereocenters. The molecule has 1 aromatic rings. The molecule has 0 aliphatic carbocycles. The third kappa shape index (κ3) is 3.08. The van der Waals surface area contributed by atoms with Crippen LogP contribution in [0.1, 0.15) is 25.0 Å². The minimum atomic E-state index is 0.336. The van der Waals surface area contributed by atoms with Crippen LogP contribution in [0.25, 0.3) is 0 Å². The van der Waals surface area contributed by atoms with Gasteiger partial charge in [-0.05, 0) is 50.4 Å². The quantitative estimate of drug-likeness (QED) is 0.822. The van der Waals surface area contributed by atoms with Gasteiger partial charge in [0, 0.05) is 6.61 Å². The van der Waals surface area contributed by atoms with Crippen LogP contribution < -0.4 is 0 Å². The first-order valence-corrected chi connectivity index (χ1v) is 5.74. The Hall–Kier alpha value is -0.800. The molecule has 1 saturated heterocycles. The van der Waals surface area contributed by atoms with Crippen molar-refractivity contribution in [2.45, 2.75) is 25.8 Å². The van der Waals surface area contributed by atoms with E-state index in [1.165, 1.54) is 12.8 Å². The van der Waals surface area contributed by atoms with E-state index in [0.29, 0.717) is 6.61 Å². The lowest BCUT2D eigenvalue weighted by atomic mass is 9.94. The third-order valence-electron chi connectivity index (χ3n) is 3.20. The van der Waals surface area contributed by atoms with Crippen molar-refractivity contribution in [1.29, 1.82) is 0 Å². The van der Waals surface area contributed by atoms with E-state index in [9.17, 15) is 0 Å². The Morgan fingerprint density at radius 2 is 2.20 bits per heavy atom. The number of likely N-dealkylation sites (tertiary alicyclic amines) is 1. The number of aliphatic hydroxyl groups is 1. The van der Waals surface area contributed by atoms with Crippen molar-refractivity contribution in [3.8, 4) is 0 Å². The largest absolute Gasteiger partial charge is 0.468 e. The first kappa shape index (κ1) is 10.7. The molecule has 0 radical (unpaired) electrons. The van der Waals surface area contributed by atoms with Gasteiger partial charge in [0.2, 0.25) is 0 Å². The van der Waals surface area contributed by atoms with Crippen LogP contribution in [0.4, 0.5) is 0 Å². The molecule has 1 aliphatic rings. The zero-order valence-corrected chi connectivity index (χ0v) is 9.06. The van der Waals surface area contributed by atoms with Crippen molar-refractivity contribution in [2.75, 3.05) is 19.7 Å². The van der Waals surface area contributed by atoms with Gasteiger partial charge in [-0.15, -0.1) is 0 Å². The maximum absolute atomic E-state index is 8.86. The third-order valence-corrected chi connectivity index (χ3v) is 3.20. The lowest BCUT2D eigenvalue weighted by molar-refractivity contribution is 0.146. The zero-order valence-electron chi connectivity index (χ0n) is 9.06. The SMILES string of the molecule is OCCC1CCN(Cc2ccco2)CC1. The molecule has 0 aromatic carbocycles. The van der Waals surface area contributed by atoms with Crippen LogP contribution in [0.2, 0.25) is 0 Å². The standard InChI is InChI=1S/C12H19NO2/c14-8-5-11-3-6-13(7-4-11)10-12-2-1-9-15-12/h1-2,9,11,14H,3-8,10H2. The van der Waals surface area contributed by atoms with E-state index in [0.717, 1.165) is 37.7 Å². The van der Waals surface area contributed by atoms with Gasteiger partial charge in [-0.25, -0.2) is 0 Å². The lowest BCUT2D eigenvalue weighted by Gasteiger charge is -2.30. The molecule has 0 bridgehead atoms. The Balaban J connectivity index is 1.74. The van der Waals surface area contributed by atoms with Crippen molar-refractivity contribution in [3.63, 3.8) is 0 Å². The number of furan rings is 1. The van der Waals surface area contributed by atoms with Gasteiger partial charge >= 0.3 is 0 Å². The predicted molar refractivity (Wildman–Crippen MR) is 58.4 cm³/mol. The van der Waals surface area contributed by atoms with Gasteiger partial charge in [-0.2, -0.15) is 0 Å². The fourth-order valence-electron chi connectivity index (χ4n) is 2.24. The van der Waals surface area contributed by atoms with Crippen molar-refractivity contribution in [1.82, 2.24) is 4.90 Å². The van der Waals surface area contributed by atoms with Crippen molar-refractivity contribution < 1.29 is 9.52 Å².